The second kappa shape index (κ2) is 6.58. The summed E-state index contributed by atoms with van der Waals surface area (Å²) in [5.74, 6) is -1.23. The molecule has 0 bridgehead atoms. The fraction of sp³-hybridized carbons (Fsp3) is 0.333. The second-order valence-corrected chi connectivity index (χ2v) is 3.54. The van der Waals surface area contributed by atoms with E-state index in [1.165, 1.54) is 25.1 Å². The number of amides is 3. The first-order chi connectivity index (χ1) is 8.54. The molecule has 18 heavy (non-hydrogen) atoms. The predicted molar refractivity (Wildman–Crippen MR) is 63.7 cm³/mol. The molecule has 1 aromatic carbocycles. The molecule has 0 aliphatic heterocycles. The minimum atomic E-state index is -0.968. The first kappa shape index (κ1) is 14.0. The Bertz CT molecular complexity index is 437. The van der Waals surface area contributed by atoms with Crippen LogP contribution in [0.3, 0.4) is 0 Å². The molecule has 0 spiro atoms. The van der Waals surface area contributed by atoms with Crippen molar-refractivity contribution >= 4 is 11.9 Å². The van der Waals surface area contributed by atoms with Gasteiger partial charge in [-0.1, -0.05) is 12.1 Å². The van der Waals surface area contributed by atoms with Gasteiger partial charge in [0.1, 0.15) is 0 Å². The van der Waals surface area contributed by atoms with E-state index >= 15 is 0 Å². The Morgan fingerprint density at radius 3 is 2.67 bits per heavy atom. The number of benzene rings is 1. The average Bonchev–Trinajstić information content (AvgIpc) is 2.32. The molecular weight excluding hydrogens is 239 g/mol. The van der Waals surface area contributed by atoms with Crippen molar-refractivity contribution in [1.82, 2.24) is 10.6 Å². The minimum absolute atomic E-state index is 0.0314. The molecule has 0 saturated heterocycles. The highest BCUT2D eigenvalue weighted by Gasteiger charge is 2.18. The van der Waals surface area contributed by atoms with Crippen molar-refractivity contribution in [3.8, 4) is 5.75 Å². The number of urea groups is 1. The number of imide groups is 1. The summed E-state index contributed by atoms with van der Waals surface area (Å²) in [5, 5.41) is 4.49. The summed E-state index contributed by atoms with van der Waals surface area (Å²) in [6.45, 7) is 3.56. The number of hydrogen-bond donors (Lipinski definition) is 2. The Morgan fingerprint density at radius 2 is 2.06 bits per heavy atom. The molecule has 0 aromatic heterocycles. The fourth-order valence-corrected chi connectivity index (χ4v) is 1.20. The first-order valence-electron chi connectivity index (χ1n) is 5.54. The van der Waals surface area contributed by atoms with Crippen LogP contribution in [0.1, 0.15) is 13.8 Å². The van der Waals surface area contributed by atoms with Gasteiger partial charge in [0.15, 0.2) is 17.7 Å². The van der Waals surface area contributed by atoms with Gasteiger partial charge in [-0.15, -0.1) is 0 Å². The van der Waals surface area contributed by atoms with E-state index in [1.54, 1.807) is 13.0 Å². The Hall–Kier alpha value is -2.11. The minimum Gasteiger partial charge on any atom is -0.478 e. The lowest BCUT2D eigenvalue weighted by Gasteiger charge is -2.14. The largest absolute Gasteiger partial charge is 0.478 e. The van der Waals surface area contributed by atoms with E-state index in [-0.39, 0.29) is 5.75 Å². The van der Waals surface area contributed by atoms with Crippen LogP contribution in [0.15, 0.2) is 24.3 Å². The predicted octanol–water partition coefficient (Wildman–Crippen LogP) is 1.44. The van der Waals surface area contributed by atoms with Gasteiger partial charge < -0.3 is 10.1 Å². The van der Waals surface area contributed by atoms with E-state index in [4.69, 9.17) is 4.74 Å². The SMILES string of the molecule is CCNC(=O)NC(=O)[C@@H](C)Oc1ccccc1F. The fourth-order valence-electron chi connectivity index (χ4n) is 1.20. The molecule has 6 heteroatoms. The van der Waals surface area contributed by atoms with Crippen molar-refractivity contribution in [1.29, 1.82) is 0 Å². The van der Waals surface area contributed by atoms with Crippen molar-refractivity contribution in [2.24, 2.45) is 0 Å². The lowest BCUT2D eigenvalue weighted by atomic mass is 10.3. The van der Waals surface area contributed by atoms with Crippen LogP contribution < -0.4 is 15.4 Å². The van der Waals surface area contributed by atoms with Crippen molar-refractivity contribution in [3.63, 3.8) is 0 Å². The van der Waals surface area contributed by atoms with Crippen LogP contribution in [0.2, 0.25) is 0 Å². The van der Waals surface area contributed by atoms with Crippen LogP contribution in [0.25, 0.3) is 0 Å². The quantitative estimate of drug-likeness (QED) is 0.854. The van der Waals surface area contributed by atoms with Gasteiger partial charge >= 0.3 is 6.03 Å². The molecule has 98 valence electrons. The van der Waals surface area contributed by atoms with Crippen LogP contribution in [0.4, 0.5) is 9.18 Å². The van der Waals surface area contributed by atoms with Gasteiger partial charge in [-0.05, 0) is 26.0 Å². The molecule has 0 radical (unpaired) electrons. The van der Waals surface area contributed by atoms with Gasteiger partial charge in [0.05, 0.1) is 0 Å². The summed E-state index contributed by atoms with van der Waals surface area (Å²) >= 11 is 0. The number of carbonyl (C=O) groups is 2. The number of hydrogen-bond acceptors (Lipinski definition) is 3. The third kappa shape index (κ3) is 4.04. The molecule has 0 unspecified atom stereocenters. The highest BCUT2D eigenvalue weighted by atomic mass is 19.1. The van der Waals surface area contributed by atoms with E-state index in [0.29, 0.717) is 6.54 Å². The number of nitrogens with one attached hydrogen (secondary N) is 2. The molecule has 1 atom stereocenters. The summed E-state index contributed by atoms with van der Waals surface area (Å²) in [5.41, 5.74) is 0. The van der Waals surface area contributed by atoms with E-state index in [9.17, 15) is 14.0 Å². The second-order valence-electron chi connectivity index (χ2n) is 3.54. The maximum absolute atomic E-state index is 13.3. The smallest absolute Gasteiger partial charge is 0.321 e. The molecule has 3 amide bonds. The highest BCUT2D eigenvalue weighted by molar-refractivity contribution is 5.96. The van der Waals surface area contributed by atoms with Crippen LogP contribution in [-0.2, 0) is 4.79 Å². The lowest BCUT2D eigenvalue weighted by molar-refractivity contribution is -0.126. The molecule has 1 rings (SSSR count). The van der Waals surface area contributed by atoms with Crippen LogP contribution in [0, 0.1) is 5.82 Å². The zero-order valence-corrected chi connectivity index (χ0v) is 10.2. The average molecular weight is 254 g/mol. The van der Waals surface area contributed by atoms with Gasteiger partial charge in [0.2, 0.25) is 0 Å². The zero-order chi connectivity index (χ0) is 13.5. The summed E-state index contributed by atoms with van der Waals surface area (Å²) in [4.78, 5) is 22.6. The number of halogens is 1. The maximum atomic E-state index is 13.3. The third-order valence-corrected chi connectivity index (χ3v) is 2.08. The summed E-state index contributed by atoms with van der Waals surface area (Å²) in [7, 11) is 0. The molecular formula is C12H15FN2O3. The molecule has 0 saturated carbocycles. The lowest BCUT2D eigenvalue weighted by Crippen LogP contribution is -2.45. The number of para-hydroxylation sites is 1. The van der Waals surface area contributed by atoms with E-state index in [0.717, 1.165) is 0 Å². The van der Waals surface area contributed by atoms with Crippen molar-refractivity contribution in [2.45, 2.75) is 20.0 Å². The Balaban J connectivity index is 2.55. The molecule has 0 heterocycles. The van der Waals surface area contributed by atoms with Crippen molar-refractivity contribution in [2.75, 3.05) is 6.54 Å². The van der Waals surface area contributed by atoms with E-state index < -0.39 is 23.9 Å². The molecule has 0 fully saturated rings. The third-order valence-electron chi connectivity index (χ3n) is 2.08. The molecule has 0 aliphatic carbocycles. The maximum Gasteiger partial charge on any atom is 0.321 e. The van der Waals surface area contributed by atoms with Crippen LogP contribution >= 0.6 is 0 Å². The van der Waals surface area contributed by atoms with Crippen molar-refractivity contribution in [3.05, 3.63) is 30.1 Å². The number of rotatable bonds is 4. The Labute approximate surface area is 104 Å². The molecule has 2 N–H and O–H groups in total. The molecule has 0 aliphatic rings. The zero-order valence-electron chi connectivity index (χ0n) is 10.2. The van der Waals surface area contributed by atoms with Crippen molar-refractivity contribution < 1.29 is 18.7 Å². The van der Waals surface area contributed by atoms with Crippen LogP contribution in [0.5, 0.6) is 5.75 Å². The first-order valence-corrected chi connectivity index (χ1v) is 5.54. The van der Waals surface area contributed by atoms with Gasteiger partial charge in [-0.2, -0.15) is 0 Å². The Kier molecular flexibility index (Phi) is 5.10. The van der Waals surface area contributed by atoms with Gasteiger partial charge in [-0.3, -0.25) is 10.1 Å². The summed E-state index contributed by atoms with van der Waals surface area (Å²) < 4.78 is 18.4. The monoisotopic (exact) mass is 254 g/mol. The molecule has 5 nitrogen and oxygen atoms in total. The summed E-state index contributed by atoms with van der Waals surface area (Å²) in [6, 6.07) is 5.13. The Morgan fingerprint density at radius 1 is 1.39 bits per heavy atom. The molecule has 1 aromatic rings. The standard InChI is InChI=1S/C12H15FN2O3/c1-3-14-12(17)15-11(16)8(2)18-10-7-5-4-6-9(10)13/h4-8H,3H2,1-2H3,(H2,14,15,16,17)/t8-/m1/s1. The van der Waals surface area contributed by atoms with Gasteiger partial charge in [-0.25, -0.2) is 9.18 Å². The van der Waals surface area contributed by atoms with Crippen LogP contribution in [-0.4, -0.2) is 24.6 Å². The summed E-state index contributed by atoms with van der Waals surface area (Å²) in [6.07, 6.45) is -0.968. The van der Waals surface area contributed by atoms with E-state index in [1.807, 2.05) is 0 Å². The van der Waals surface area contributed by atoms with Gasteiger partial charge in [0, 0.05) is 6.54 Å². The van der Waals surface area contributed by atoms with E-state index in [2.05, 4.69) is 10.6 Å². The number of carbonyl (C=O) groups excluding carboxylic acids is 2. The topological polar surface area (TPSA) is 67.4 Å². The normalized spacial score (nSPS) is 11.5. The highest BCUT2D eigenvalue weighted by Crippen LogP contribution is 2.16. The number of ether oxygens (including phenoxy) is 1. The van der Waals surface area contributed by atoms with Gasteiger partial charge in [0.25, 0.3) is 5.91 Å².